The van der Waals surface area contributed by atoms with Crippen molar-refractivity contribution in [1.82, 2.24) is 20.0 Å². The van der Waals surface area contributed by atoms with E-state index in [1.807, 2.05) is 12.4 Å². The molecule has 0 radical (unpaired) electrons. The first-order valence-electron chi connectivity index (χ1n) is 7.30. The van der Waals surface area contributed by atoms with Gasteiger partial charge in [-0.05, 0) is 39.4 Å². The van der Waals surface area contributed by atoms with Crippen molar-refractivity contribution in [2.45, 2.75) is 46.2 Å². The van der Waals surface area contributed by atoms with Crippen LogP contribution in [-0.2, 0) is 6.54 Å². The molecule has 0 aliphatic carbocycles. The molecular formula is C15H28N4. The molecule has 0 aromatic carbocycles. The molecule has 1 heterocycles. The highest BCUT2D eigenvalue weighted by atomic mass is 15.2. The van der Waals surface area contributed by atoms with E-state index >= 15 is 0 Å². The van der Waals surface area contributed by atoms with Crippen molar-refractivity contribution in [2.75, 3.05) is 19.6 Å². The van der Waals surface area contributed by atoms with Gasteiger partial charge in [0.25, 0.3) is 0 Å². The van der Waals surface area contributed by atoms with Gasteiger partial charge in [0.15, 0.2) is 0 Å². The summed E-state index contributed by atoms with van der Waals surface area (Å²) in [4.78, 5) is 2.47. The van der Waals surface area contributed by atoms with E-state index in [1.165, 1.54) is 24.9 Å². The summed E-state index contributed by atoms with van der Waals surface area (Å²) in [6, 6.07) is 0.544. The molecule has 0 saturated heterocycles. The first-order valence-corrected chi connectivity index (χ1v) is 7.30. The SMILES string of the molecule is C=Cn1cc(CNC(C)CCCN(CC)CC)cn1. The van der Waals surface area contributed by atoms with Gasteiger partial charge in [-0.2, -0.15) is 5.10 Å². The summed E-state index contributed by atoms with van der Waals surface area (Å²) >= 11 is 0. The number of rotatable bonds is 10. The molecule has 0 aliphatic heterocycles. The maximum Gasteiger partial charge on any atom is 0.0538 e. The Morgan fingerprint density at radius 2 is 2.21 bits per heavy atom. The molecule has 0 saturated carbocycles. The van der Waals surface area contributed by atoms with E-state index in [1.54, 1.807) is 10.9 Å². The molecule has 1 aromatic rings. The van der Waals surface area contributed by atoms with E-state index in [4.69, 9.17) is 0 Å². The molecule has 0 fully saturated rings. The molecule has 1 rings (SSSR count). The van der Waals surface area contributed by atoms with Crippen molar-refractivity contribution in [3.63, 3.8) is 0 Å². The monoisotopic (exact) mass is 264 g/mol. The fourth-order valence-electron chi connectivity index (χ4n) is 2.12. The zero-order valence-electron chi connectivity index (χ0n) is 12.6. The Morgan fingerprint density at radius 3 is 2.79 bits per heavy atom. The molecule has 19 heavy (non-hydrogen) atoms. The summed E-state index contributed by atoms with van der Waals surface area (Å²) in [5, 5.41) is 7.71. The Hall–Kier alpha value is -1.13. The minimum Gasteiger partial charge on any atom is -0.310 e. The summed E-state index contributed by atoms with van der Waals surface area (Å²) < 4.78 is 1.74. The molecular weight excluding hydrogens is 236 g/mol. The van der Waals surface area contributed by atoms with Crippen LogP contribution in [0.3, 0.4) is 0 Å². The zero-order chi connectivity index (χ0) is 14.1. The molecule has 4 heteroatoms. The average molecular weight is 264 g/mol. The molecule has 1 unspecified atom stereocenters. The minimum absolute atomic E-state index is 0.544. The molecule has 1 aromatic heterocycles. The van der Waals surface area contributed by atoms with Crippen molar-refractivity contribution in [3.8, 4) is 0 Å². The van der Waals surface area contributed by atoms with E-state index in [0.29, 0.717) is 6.04 Å². The fourth-order valence-corrected chi connectivity index (χ4v) is 2.12. The summed E-state index contributed by atoms with van der Waals surface area (Å²) in [7, 11) is 0. The molecule has 0 bridgehead atoms. The molecule has 0 aliphatic rings. The van der Waals surface area contributed by atoms with Crippen LogP contribution in [0.4, 0.5) is 0 Å². The van der Waals surface area contributed by atoms with Crippen molar-refractivity contribution in [2.24, 2.45) is 0 Å². The number of nitrogens with one attached hydrogen (secondary N) is 1. The number of hydrogen-bond acceptors (Lipinski definition) is 3. The van der Waals surface area contributed by atoms with Gasteiger partial charge < -0.3 is 10.2 Å². The molecule has 1 N–H and O–H groups in total. The lowest BCUT2D eigenvalue weighted by Crippen LogP contribution is -2.28. The third-order valence-corrected chi connectivity index (χ3v) is 3.50. The van der Waals surface area contributed by atoms with Gasteiger partial charge in [0.1, 0.15) is 0 Å². The predicted molar refractivity (Wildman–Crippen MR) is 81.9 cm³/mol. The summed E-state index contributed by atoms with van der Waals surface area (Å²) in [6.07, 6.45) is 8.06. The average Bonchev–Trinajstić information content (AvgIpc) is 2.89. The molecule has 0 amide bonds. The van der Waals surface area contributed by atoms with E-state index in [2.05, 4.69) is 42.7 Å². The standard InChI is InChI=1S/C15H28N4/c1-5-18(6-2)10-8-9-14(4)16-11-15-12-17-19(7-3)13-15/h7,12-14,16H,3,5-6,8-11H2,1-2,4H3. The van der Waals surface area contributed by atoms with Gasteiger partial charge in [-0.3, -0.25) is 0 Å². The predicted octanol–water partition coefficient (Wildman–Crippen LogP) is 2.58. The second kappa shape index (κ2) is 8.88. The highest BCUT2D eigenvalue weighted by molar-refractivity contribution is 5.17. The van der Waals surface area contributed by atoms with Crippen molar-refractivity contribution in [3.05, 3.63) is 24.5 Å². The van der Waals surface area contributed by atoms with E-state index < -0.39 is 0 Å². The van der Waals surface area contributed by atoms with E-state index in [-0.39, 0.29) is 0 Å². The normalized spacial score (nSPS) is 12.8. The van der Waals surface area contributed by atoms with Crippen LogP contribution in [0.5, 0.6) is 0 Å². The zero-order valence-corrected chi connectivity index (χ0v) is 12.6. The summed E-state index contributed by atoms with van der Waals surface area (Å²) in [5.74, 6) is 0. The number of aromatic nitrogens is 2. The van der Waals surface area contributed by atoms with Gasteiger partial charge in [0.05, 0.1) is 6.20 Å². The van der Waals surface area contributed by atoms with Crippen LogP contribution in [-0.4, -0.2) is 40.4 Å². The second-order valence-electron chi connectivity index (χ2n) is 4.96. The largest absolute Gasteiger partial charge is 0.310 e. The lowest BCUT2D eigenvalue weighted by atomic mass is 10.1. The van der Waals surface area contributed by atoms with Crippen LogP contribution >= 0.6 is 0 Å². The number of hydrogen-bond donors (Lipinski definition) is 1. The lowest BCUT2D eigenvalue weighted by molar-refractivity contribution is 0.290. The van der Waals surface area contributed by atoms with Crippen molar-refractivity contribution < 1.29 is 0 Å². The van der Waals surface area contributed by atoms with Gasteiger partial charge >= 0.3 is 0 Å². The maximum atomic E-state index is 4.17. The van der Waals surface area contributed by atoms with Gasteiger partial charge in [0.2, 0.25) is 0 Å². The van der Waals surface area contributed by atoms with Crippen LogP contribution in [0, 0.1) is 0 Å². The Morgan fingerprint density at radius 1 is 1.47 bits per heavy atom. The highest BCUT2D eigenvalue weighted by Gasteiger charge is 2.04. The van der Waals surface area contributed by atoms with Crippen molar-refractivity contribution >= 4 is 6.20 Å². The Labute approximate surface area is 117 Å². The Bertz CT molecular complexity index is 355. The van der Waals surface area contributed by atoms with Gasteiger partial charge in [0, 0.05) is 30.5 Å². The van der Waals surface area contributed by atoms with Crippen LogP contribution in [0.25, 0.3) is 6.20 Å². The second-order valence-corrected chi connectivity index (χ2v) is 4.96. The molecule has 0 spiro atoms. The first kappa shape index (κ1) is 15.9. The first-order chi connectivity index (χ1) is 9.19. The minimum atomic E-state index is 0.544. The highest BCUT2D eigenvalue weighted by Crippen LogP contribution is 2.02. The fraction of sp³-hybridized carbons (Fsp3) is 0.667. The summed E-state index contributed by atoms with van der Waals surface area (Å²) in [6.45, 7) is 14.8. The van der Waals surface area contributed by atoms with Crippen LogP contribution in [0.1, 0.15) is 39.2 Å². The van der Waals surface area contributed by atoms with Gasteiger partial charge in [-0.25, -0.2) is 4.68 Å². The quantitative estimate of drug-likeness (QED) is 0.705. The van der Waals surface area contributed by atoms with Crippen LogP contribution < -0.4 is 5.32 Å². The van der Waals surface area contributed by atoms with E-state index in [0.717, 1.165) is 19.6 Å². The molecule has 4 nitrogen and oxygen atoms in total. The lowest BCUT2D eigenvalue weighted by Gasteiger charge is -2.19. The molecule has 1 atom stereocenters. The Balaban J connectivity index is 2.17. The van der Waals surface area contributed by atoms with Gasteiger partial charge in [-0.1, -0.05) is 20.4 Å². The van der Waals surface area contributed by atoms with Crippen LogP contribution in [0.15, 0.2) is 19.0 Å². The van der Waals surface area contributed by atoms with Gasteiger partial charge in [-0.15, -0.1) is 0 Å². The summed E-state index contributed by atoms with van der Waals surface area (Å²) in [5.41, 5.74) is 1.20. The molecule has 108 valence electrons. The third kappa shape index (κ3) is 6.03. The Kier molecular flexibility index (Phi) is 7.45. The van der Waals surface area contributed by atoms with E-state index in [9.17, 15) is 0 Å². The number of nitrogens with zero attached hydrogens (tertiary/aromatic N) is 3. The maximum absolute atomic E-state index is 4.17. The topological polar surface area (TPSA) is 33.1 Å². The van der Waals surface area contributed by atoms with Crippen LogP contribution in [0.2, 0.25) is 0 Å². The van der Waals surface area contributed by atoms with Crippen molar-refractivity contribution in [1.29, 1.82) is 0 Å². The third-order valence-electron chi connectivity index (χ3n) is 3.50. The smallest absolute Gasteiger partial charge is 0.0538 e.